The van der Waals surface area contributed by atoms with Crippen LogP contribution in [0.3, 0.4) is 0 Å². The van der Waals surface area contributed by atoms with Gasteiger partial charge in [0.2, 0.25) is 0 Å². The van der Waals surface area contributed by atoms with Gasteiger partial charge in [0, 0.05) is 25.9 Å². The number of aromatic carboxylic acids is 1. The Morgan fingerprint density at radius 1 is 1.39 bits per heavy atom. The molecule has 1 amide bonds. The highest BCUT2D eigenvalue weighted by molar-refractivity contribution is 7.17. The van der Waals surface area contributed by atoms with E-state index in [0.717, 1.165) is 11.3 Å². The zero-order chi connectivity index (χ0) is 22.9. The summed E-state index contributed by atoms with van der Waals surface area (Å²) in [7, 11) is 1.47. The van der Waals surface area contributed by atoms with Crippen molar-refractivity contribution in [2.45, 2.75) is 45.0 Å². The predicted molar refractivity (Wildman–Crippen MR) is 106 cm³/mol. The van der Waals surface area contributed by atoms with Crippen LogP contribution < -0.4 is 10.2 Å². The quantitative estimate of drug-likeness (QED) is 0.604. The van der Waals surface area contributed by atoms with Gasteiger partial charge in [-0.25, -0.2) is 14.8 Å². The fourth-order valence-electron chi connectivity index (χ4n) is 3.45. The number of aromatic nitrogens is 3. The number of carbonyl (C=O) groups excluding carboxylic acids is 1. The Balaban J connectivity index is 1.71. The average molecular weight is 461 g/mol. The van der Waals surface area contributed by atoms with Gasteiger partial charge < -0.3 is 25.0 Å². The predicted octanol–water partition coefficient (Wildman–Crippen LogP) is 2.48. The Labute approximate surface area is 179 Å². The van der Waals surface area contributed by atoms with E-state index in [9.17, 15) is 27.9 Å². The monoisotopic (exact) mass is 461 g/mol. The van der Waals surface area contributed by atoms with Crippen LogP contribution in [-0.4, -0.2) is 64.3 Å². The highest BCUT2D eigenvalue weighted by Gasteiger charge is 2.38. The topological polar surface area (TPSA) is 120 Å². The van der Waals surface area contributed by atoms with Gasteiger partial charge in [-0.3, -0.25) is 4.79 Å². The minimum Gasteiger partial charge on any atom is -0.477 e. The van der Waals surface area contributed by atoms with Crippen LogP contribution in [-0.2, 0) is 17.3 Å². The molecule has 0 spiro atoms. The number of imidazole rings is 1. The smallest absolute Gasteiger partial charge is 0.435 e. The van der Waals surface area contributed by atoms with Gasteiger partial charge in [-0.2, -0.15) is 13.2 Å². The fourth-order valence-corrected chi connectivity index (χ4v) is 4.39. The maximum absolute atomic E-state index is 13.1. The van der Waals surface area contributed by atoms with Gasteiger partial charge in [0.25, 0.3) is 5.91 Å². The normalized spacial score (nSPS) is 19.5. The van der Waals surface area contributed by atoms with Gasteiger partial charge in [0.05, 0.1) is 17.8 Å². The van der Waals surface area contributed by atoms with E-state index >= 15 is 0 Å². The molecule has 0 bridgehead atoms. The molecule has 31 heavy (non-hydrogen) atoms. The lowest BCUT2D eigenvalue weighted by molar-refractivity contribution is -0.141. The number of carboxylic acids is 1. The Hall–Kier alpha value is -2.67. The Morgan fingerprint density at radius 2 is 2.10 bits per heavy atom. The van der Waals surface area contributed by atoms with Crippen LogP contribution in [0.1, 0.15) is 50.7 Å². The summed E-state index contributed by atoms with van der Waals surface area (Å²) in [4.78, 5) is 36.0. The number of ether oxygens (including phenoxy) is 1. The van der Waals surface area contributed by atoms with Crippen LogP contribution in [0, 0.1) is 6.92 Å². The molecule has 2 aromatic heterocycles. The summed E-state index contributed by atoms with van der Waals surface area (Å²) in [5.41, 5.74) is -0.822. The van der Waals surface area contributed by atoms with Gasteiger partial charge in [0.15, 0.2) is 16.6 Å². The number of hydrogen-bond donors (Lipinski definition) is 3. The molecule has 0 aromatic carbocycles. The molecule has 0 saturated carbocycles. The average Bonchev–Trinajstić information content (AvgIpc) is 3.32. The van der Waals surface area contributed by atoms with Crippen molar-refractivity contribution in [1.82, 2.24) is 20.3 Å². The zero-order valence-electron chi connectivity index (χ0n) is 17.0. The number of rotatable bonds is 6. The van der Waals surface area contributed by atoms with E-state index in [1.165, 1.54) is 14.0 Å². The third-order valence-corrected chi connectivity index (χ3v) is 6.25. The minimum atomic E-state index is -4.65. The van der Waals surface area contributed by atoms with E-state index in [-0.39, 0.29) is 17.0 Å². The molecule has 3 heterocycles. The van der Waals surface area contributed by atoms with Gasteiger partial charge >= 0.3 is 12.1 Å². The summed E-state index contributed by atoms with van der Waals surface area (Å²) < 4.78 is 44.7. The van der Waals surface area contributed by atoms with Crippen molar-refractivity contribution >= 4 is 28.3 Å². The molecule has 1 aliphatic heterocycles. The van der Waals surface area contributed by atoms with E-state index in [1.807, 2.05) is 4.90 Å². The Kier molecular flexibility index (Phi) is 6.55. The molecule has 170 valence electrons. The molecule has 9 nitrogen and oxygen atoms in total. The summed E-state index contributed by atoms with van der Waals surface area (Å²) in [5, 5.41) is 12.4. The Morgan fingerprint density at radius 3 is 2.61 bits per heavy atom. The summed E-state index contributed by atoms with van der Waals surface area (Å²) in [5.74, 6) is -2.19. The van der Waals surface area contributed by atoms with Crippen molar-refractivity contribution in [2.75, 3.05) is 25.1 Å². The number of nitrogens with one attached hydrogen (secondary N) is 2. The highest BCUT2D eigenvalue weighted by atomic mass is 32.1. The number of carbonyl (C=O) groups is 2. The second kappa shape index (κ2) is 8.83. The number of nitrogens with zero attached hydrogens (tertiary/aromatic N) is 3. The van der Waals surface area contributed by atoms with Gasteiger partial charge in [-0.15, -0.1) is 0 Å². The number of anilines is 1. The number of methoxy groups -OCH3 is 1. The third-order valence-electron chi connectivity index (χ3n) is 5.04. The lowest BCUT2D eigenvalue weighted by atomic mass is 10.0. The number of thiazole rings is 1. The lowest BCUT2D eigenvalue weighted by Crippen LogP contribution is -2.55. The van der Waals surface area contributed by atoms with Crippen LogP contribution >= 0.6 is 11.3 Å². The SMILES string of the molecule is CCc1[nH]c(C(=O)N[C@H]2CCN(c3nc(C)c(C(=O)O)s3)C[C@H]2OC)nc1C(F)(F)F. The molecule has 1 fully saturated rings. The van der Waals surface area contributed by atoms with Gasteiger partial charge in [-0.05, 0) is 19.8 Å². The second-order valence-electron chi connectivity index (χ2n) is 7.07. The van der Waals surface area contributed by atoms with Crippen LogP contribution in [0.15, 0.2) is 0 Å². The van der Waals surface area contributed by atoms with Crippen LogP contribution in [0.4, 0.5) is 18.3 Å². The van der Waals surface area contributed by atoms with Crippen molar-refractivity contribution in [1.29, 1.82) is 0 Å². The van der Waals surface area contributed by atoms with Crippen LogP contribution in [0.25, 0.3) is 0 Å². The summed E-state index contributed by atoms with van der Waals surface area (Å²) in [6.07, 6.45) is -4.64. The van der Waals surface area contributed by atoms with E-state index in [4.69, 9.17) is 4.74 Å². The molecule has 2 aromatic rings. The summed E-state index contributed by atoms with van der Waals surface area (Å²) in [6, 6.07) is -0.460. The molecule has 2 atom stereocenters. The number of hydrogen-bond acceptors (Lipinski definition) is 7. The molecular weight excluding hydrogens is 439 g/mol. The highest BCUT2D eigenvalue weighted by Crippen LogP contribution is 2.31. The largest absolute Gasteiger partial charge is 0.477 e. The van der Waals surface area contributed by atoms with Gasteiger partial charge in [0.1, 0.15) is 4.88 Å². The van der Waals surface area contributed by atoms with E-state index in [0.29, 0.717) is 30.3 Å². The minimum absolute atomic E-state index is 0.0553. The maximum atomic E-state index is 13.1. The molecular formula is C18H22F3N5O4S. The fraction of sp³-hybridized carbons (Fsp3) is 0.556. The van der Waals surface area contributed by atoms with Crippen molar-refractivity contribution in [3.63, 3.8) is 0 Å². The van der Waals surface area contributed by atoms with Crippen LogP contribution in [0.2, 0.25) is 0 Å². The number of aryl methyl sites for hydroxylation is 2. The van der Waals surface area contributed by atoms with E-state index in [2.05, 4.69) is 20.3 Å². The molecule has 0 unspecified atom stereocenters. The third kappa shape index (κ3) is 4.82. The van der Waals surface area contributed by atoms with Gasteiger partial charge in [-0.1, -0.05) is 18.3 Å². The standard InChI is InChI=1S/C18H22F3N5O4S/c1-4-9-13(18(19,20)21)25-14(23-9)15(27)24-10-5-6-26(7-11(10)30-3)17-22-8(2)12(31-17)16(28)29/h10-11H,4-7H2,1-3H3,(H,23,25)(H,24,27)(H,28,29)/t10-,11+/m0/s1. The number of alkyl halides is 3. The molecule has 1 saturated heterocycles. The molecule has 0 radical (unpaired) electrons. The van der Waals surface area contributed by atoms with Crippen molar-refractivity contribution < 1.29 is 32.6 Å². The van der Waals surface area contributed by atoms with Crippen molar-refractivity contribution in [3.05, 3.63) is 27.8 Å². The maximum Gasteiger partial charge on any atom is 0.435 e. The number of amides is 1. The lowest BCUT2D eigenvalue weighted by Gasteiger charge is -2.37. The number of halogens is 3. The van der Waals surface area contributed by atoms with E-state index in [1.54, 1.807) is 6.92 Å². The zero-order valence-corrected chi connectivity index (χ0v) is 17.9. The molecule has 3 N–H and O–H groups in total. The first-order chi connectivity index (χ1) is 14.5. The number of piperidine rings is 1. The molecule has 0 aliphatic carbocycles. The molecule has 13 heteroatoms. The first-order valence-electron chi connectivity index (χ1n) is 9.50. The number of aromatic amines is 1. The summed E-state index contributed by atoms with van der Waals surface area (Å²) in [6.45, 7) is 3.95. The Bertz CT molecular complexity index is 974. The number of H-pyrrole nitrogens is 1. The van der Waals surface area contributed by atoms with Crippen molar-refractivity contribution in [3.8, 4) is 0 Å². The van der Waals surface area contributed by atoms with E-state index < -0.39 is 41.7 Å². The van der Waals surface area contributed by atoms with Crippen molar-refractivity contribution in [2.24, 2.45) is 0 Å². The molecule has 1 aliphatic rings. The summed E-state index contributed by atoms with van der Waals surface area (Å²) >= 11 is 1.06. The van der Waals surface area contributed by atoms with Crippen LogP contribution in [0.5, 0.6) is 0 Å². The molecule has 3 rings (SSSR count). The first kappa shape index (κ1) is 23.0. The second-order valence-corrected chi connectivity index (χ2v) is 8.05. The number of carboxylic acid groups (broad SMARTS) is 1. The first-order valence-corrected chi connectivity index (χ1v) is 10.3.